The molecule has 3 heterocycles. The fourth-order valence-electron chi connectivity index (χ4n) is 3.12. The monoisotopic (exact) mass is 297 g/mol. The van der Waals surface area contributed by atoms with Gasteiger partial charge in [-0.2, -0.15) is 5.10 Å². The molecular weight excluding hydrogens is 278 g/mol. The first-order valence-corrected chi connectivity index (χ1v) is 7.93. The Morgan fingerprint density at radius 3 is 2.73 bits per heavy atom. The van der Waals surface area contributed by atoms with E-state index in [-0.39, 0.29) is 11.6 Å². The van der Waals surface area contributed by atoms with Crippen molar-refractivity contribution in [2.75, 3.05) is 11.4 Å². The Morgan fingerprint density at radius 2 is 1.95 bits per heavy atom. The number of aromatic nitrogens is 4. The van der Waals surface area contributed by atoms with Crippen molar-refractivity contribution in [1.29, 1.82) is 0 Å². The normalized spacial score (nSPS) is 21.3. The first-order chi connectivity index (χ1) is 10.8. The fourth-order valence-corrected chi connectivity index (χ4v) is 3.12. The minimum absolute atomic E-state index is 0.0229. The highest BCUT2D eigenvalue weighted by Gasteiger charge is 2.29. The van der Waals surface area contributed by atoms with E-state index in [2.05, 4.69) is 20.0 Å². The highest BCUT2D eigenvalue weighted by atomic mass is 16.1. The van der Waals surface area contributed by atoms with Crippen molar-refractivity contribution in [2.24, 2.45) is 0 Å². The third kappa shape index (κ3) is 2.61. The second kappa shape index (κ2) is 5.51. The van der Waals surface area contributed by atoms with Gasteiger partial charge in [0.2, 0.25) is 5.95 Å². The van der Waals surface area contributed by atoms with Gasteiger partial charge in [-0.05, 0) is 37.8 Å². The molecule has 0 N–H and O–H groups in total. The number of hydrogen-bond acceptors (Lipinski definition) is 5. The van der Waals surface area contributed by atoms with Crippen LogP contribution in [0.3, 0.4) is 0 Å². The Bertz CT molecular complexity index is 710. The van der Waals surface area contributed by atoms with Gasteiger partial charge in [0, 0.05) is 30.9 Å². The number of anilines is 1. The molecule has 0 bridgehead atoms. The SMILES string of the molecule is O=c1ccc(C2CC2)nn1CC1CCCN1c1ncccn1. The smallest absolute Gasteiger partial charge is 0.266 e. The molecule has 4 rings (SSSR count). The lowest BCUT2D eigenvalue weighted by molar-refractivity contribution is 0.479. The van der Waals surface area contributed by atoms with Gasteiger partial charge in [0.1, 0.15) is 0 Å². The number of hydrogen-bond donors (Lipinski definition) is 0. The van der Waals surface area contributed by atoms with Crippen LogP contribution >= 0.6 is 0 Å². The van der Waals surface area contributed by atoms with E-state index in [0.29, 0.717) is 12.5 Å². The van der Waals surface area contributed by atoms with Gasteiger partial charge >= 0.3 is 0 Å². The second-order valence-corrected chi connectivity index (χ2v) is 6.09. The maximum absolute atomic E-state index is 12.1. The molecule has 6 nitrogen and oxygen atoms in total. The number of nitrogens with zero attached hydrogens (tertiary/aromatic N) is 5. The summed E-state index contributed by atoms with van der Waals surface area (Å²) in [4.78, 5) is 23.0. The molecule has 1 unspecified atom stereocenters. The second-order valence-electron chi connectivity index (χ2n) is 6.09. The molecular formula is C16H19N5O. The highest BCUT2D eigenvalue weighted by Crippen LogP contribution is 2.38. The third-order valence-corrected chi connectivity index (χ3v) is 4.45. The van der Waals surface area contributed by atoms with Crippen molar-refractivity contribution in [3.8, 4) is 0 Å². The van der Waals surface area contributed by atoms with Crippen LogP contribution in [-0.2, 0) is 6.54 Å². The lowest BCUT2D eigenvalue weighted by atomic mass is 10.2. The van der Waals surface area contributed by atoms with Crippen LogP contribution in [0, 0.1) is 0 Å². The summed E-state index contributed by atoms with van der Waals surface area (Å²) in [5.41, 5.74) is 1.03. The molecule has 0 spiro atoms. The minimum Gasteiger partial charge on any atom is -0.336 e. The Hall–Kier alpha value is -2.24. The highest BCUT2D eigenvalue weighted by molar-refractivity contribution is 5.32. The molecule has 22 heavy (non-hydrogen) atoms. The molecule has 6 heteroatoms. The van der Waals surface area contributed by atoms with Crippen molar-refractivity contribution >= 4 is 5.95 Å². The standard InChI is InChI=1S/C16H19N5O/c22-15-7-6-14(12-4-5-12)19-21(15)11-13-3-1-10-20(13)16-17-8-2-9-18-16/h2,6-9,12-13H,1,3-5,10-11H2. The van der Waals surface area contributed by atoms with Crippen LogP contribution in [0.4, 0.5) is 5.95 Å². The maximum atomic E-state index is 12.1. The molecule has 114 valence electrons. The molecule has 0 radical (unpaired) electrons. The van der Waals surface area contributed by atoms with Crippen LogP contribution in [0.2, 0.25) is 0 Å². The number of rotatable bonds is 4. The Morgan fingerprint density at radius 1 is 1.14 bits per heavy atom. The molecule has 0 aromatic carbocycles. The molecule has 1 aliphatic heterocycles. The van der Waals surface area contributed by atoms with Gasteiger partial charge in [0.05, 0.1) is 18.3 Å². The summed E-state index contributed by atoms with van der Waals surface area (Å²) in [6, 6.07) is 5.59. The van der Waals surface area contributed by atoms with Crippen LogP contribution in [-0.4, -0.2) is 32.3 Å². The molecule has 1 saturated carbocycles. The van der Waals surface area contributed by atoms with E-state index in [1.807, 2.05) is 12.1 Å². The molecule has 1 saturated heterocycles. The van der Waals surface area contributed by atoms with Gasteiger partial charge in [0.25, 0.3) is 5.56 Å². The average Bonchev–Trinajstić information content (AvgIpc) is 3.30. The quantitative estimate of drug-likeness (QED) is 0.857. The topological polar surface area (TPSA) is 63.9 Å². The largest absolute Gasteiger partial charge is 0.336 e. The van der Waals surface area contributed by atoms with E-state index >= 15 is 0 Å². The predicted molar refractivity (Wildman–Crippen MR) is 82.9 cm³/mol. The van der Waals surface area contributed by atoms with Gasteiger partial charge in [0.15, 0.2) is 0 Å². The first kappa shape index (κ1) is 13.4. The minimum atomic E-state index is -0.0229. The lowest BCUT2D eigenvalue weighted by Crippen LogP contribution is -2.38. The summed E-state index contributed by atoms with van der Waals surface area (Å²) < 4.78 is 1.62. The van der Waals surface area contributed by atoms with Gasteiger partial charge in [-0.15, -0.1) is 0 Å². The summed E-state index contributed by atoms with van der Waals surface area (Å²) in [6.07, 6.45) is 8.04. The summed E-state index contributed by atoms with van der Waals surface area (Å²) in [6.45, 7) is 1.55. The van der Waals surface area contributed by atoms with Crippen LogP contribution in [0.25, 0.3) is 0 Å². The molecule has 0 amide bonds. The van der Waals surface area contributed by atoms with E-state index in [0.717, 1.165) is 31.0 Å². The van der Waals surface area contributed by atoms with E-state index < -0.39 is 0 Å². The van der Waals surface area contributed by atoms with Gasteiger partial charge < -0.3 is 4.90 Å². The zero-order valence-electron chi connectivity index (χ0n) is 12.4. The van der Waals surface area contributed by atoms with E-state index in [9.17, 15) is 4.79 Å². The van der Waals surface area contributed by atoms with Crippen molar-refractivity contribution in [3.63, 3.8) is 0 Å². The zero-order valence-corrected chi connectivity index (χ0v) is 12.4. The molecule has 2 fully saturated rings. The lowest BCUT2D eigenvalue weighted by Gasteiger charge is -2.24. The molecule has 2 aromatic heterocycles. The van der Waals surface area contributed by atoms with Crippen molar-refractivity contribution in [3.05, 3.63) is 46.6 Å². The van der Waals surface area contributed by atoms with E-state index in [4.69, 9.17) is 0 Å². The predicted octanol–water partition coefficient (Wildman–Crippen LogP) is 1.58. The molecule has 2 aliphatic rings. The molecule has 2 aromatic rings. The van der Waals surface area contributed by atoms with Crippen LogP contribution in [0.1, 0.15) is 37.3 Å². The van der Waals surface area contributed by atoms with Crippen LogP contribution in [0.5, 0.6) is 0 Å². The van der Waals surface area contributed by atoms with Crippen LogP contribution in [0.15, 0.2) is 35.4 Å². The maximum Gasteiger partial charge on any atom is 0.266 e. The Balaban J connectivity index is 1.57. The fraction of sp³-hybridized carbons (Fsp3) is 0.500. The summed E-state index contributed by atoms with van der Waals surface area (Å²) >= 11 is 0. The van der Waals surface area contributed by atoms with Crippen molar-refractivity contribution in [2.45, 2.75) is 44.2 Å². The molecule has 1 atom stereocenters. The van der Waals surface area contributed by atoms with Gasteiger partial charge in [-0.1, -0.05) is 0 Å². The van der Waals surface area contributed by atoms with Gasteiger partial charge in [-0.3, -0.25) is 4.79 Å². The summed E-state index contributed by atoms with van der Waals surface area (Å²) in [5.74, 6) is 1.31. The van der Waals surface area contributed by atoms with Gasteiger partial charge in [-0.25, -0.2) is 14.6 Å². The average molecular weight is 297 g/mol. The Labute approximate surface area is 128 Å². The summed E-state index contributed by atoms with van der Waals surface area (Å²) in [5, 5.41) is 4.56. The van der Waals surface area contributed by atoms with Crippen molar-refractivity contribution < 1.29 is 0 Å². The third-order valence-electron chi connectivity index (χ3n) is 4.45. The molecule has 1 aliphatic carbocycles. The van der Waals surface area contributed by atoms with E-state index in [1.54, 1.807) is 23.1 Å². The van der Waals surface area contributed by atoms with Crippen LogP contribution < -0.4 is 10.5 Å². The van der Waals surface area contributed by atoms with E-state index in [1.165, 1.54) is 12.8 Å². The first-order valence-electron chi connectivity index (χ1n) is 7.93. The van der Waals surface area contributed by atoms with Crippen molar-refractivity contribution in [1.82, 2.24) is 19.7 Å². The zero-order chi connectivity index (χ0) is 14.9. The summed E-state index contributed by atoms with van der Waals surface area (Å²) in [7, 11) is 0. The Kier molecular flexibility index (Phi) is 3.36.